The first-order valence-corrected chi connectivity index (χ1v) is 6.15. The summed E-state index contributed by atoms with van der Waals surface area (Å²) in [6.45, 7) is 2.18. The minimum atomic E-state index is -1.26. The zero-order valence-corrected chi connectivity index (χ0v) is 10.7. The topological polar surface area (TPSA) is 72.8 Å². The number of carboxylic acid groups (broad SMARTS) is 1. The van der Waals surface area contributed by atoms with Crippen molar-refractivity contribution in [3.05, 3.63) is 29.8 Å². The van der Waals surface area contributed by atoms with E-state index in [9.17, 15) is 14.7 Å². The van der Waals surface area contributed by atoms with Crippen LogP contribution in [0.2, 0.25) is 0 Å². The molecular formula is C14H16O5. The maximum Gasteiger partial charge on any atom is 0.348 e. The first-order valence-electron chi connectivity index (χ1n) is 6.15. The molecule has 0 saturated carbocycles. The first kappa shape index (κ1) is 13.5. The first-order chi connectivity index (χ1) is 9.03. The van der Waals surface area contributed by atoms with Crippen LogP contribution in [0.3, 0.4) is 0 Å². The van der Waals surface area contributed by atoms with Crippen LogP contribution < -0.4 is 4.74 Å². The molecule has 0 bridgehead atoms. The molecule has 0 unspecified atom stereocenters. The van der Waals surface area contributed by atoms with Crippen LogP contribution in [0.5, 0.6) is 5.75 Å². The van der Waals surface area contributed by atoms with Gasteiger partial charge in [-0.25, -0.2) is 4.79 Å². The molecule has 0 aromatic heterocycles. The van der Waals surface area contributed by atoms with Gasteiger partial charge < -0.3 is 14.6 Å². The third-order valence-corrected chi connectivity index (χ3v) is 3.24. The molecule has 5 nitrogen and oxygen atoms in total. The molecule has 0 atom stereocenters. The van der Waals surface area contributed by atoms with Gasteiger partial charge in [-0.15, -0.1) is 0 Å². The van der Waals surface area contributed by atoms with Crippen molar-refractivity contribution in [2.75, 3.05) is 13.2 Å². The molecule has 1 fully saturated rings. The monoisotopic (exact) mass is 264 g/mol. The van der Waals surface area contributed by atoms with Crippen molar-refractivity contribution in [2.24, 2.45) is 0 Å². The number of hydrogen-bond donors (Lipinski definition) is 1. The quantitative estimate of drug-likeness (QED) is 0.841. The van der Waals surface area contributed by atoms with Crippen LogP contribution in [0.25, 0.3) is 0 Å². The molecule has 0 amide bonds. The van der Waals surface area contributed by atoms with Crippen LogP contribution in [0.1, 0.15) is 30.1 Å². The number of carbonyl (C=O) groups is 2. The zero-order chi connectivity index (χ0) is 13.9. The van der Waals surface area contributed by atoms with Crippen LogP contribution in [-0.4, -0.2) is 35.7 Å². The lowest BCUT2D eigenvalue weighted by molar-refractivity contribution is -0.163. The lowest BCUT2D eigenvalue weighted by Gasteiger charge is -2.33. The average molecular weight is 264 g/mol. The number of aliphatic carboxylic acids is 1. The van der Waals surface area contributed by atoms with Gasteiger partial charge in [0, 0.05) is 18.4 Å². The average Bonchev–Trinajstić information content (AvgIpc) is 2.40. The normalized spacial score (nSPS) is 17.7. The fourth-order valence-electron chi connectivity index (χ4n) is 2.06. The molecule has 19 heavy (non-hydrogen) atoms. The van der Waals surface area contributed by atoms with Crippen molar-refractivity contribution in [3.8, 4) is 5.75 Å². The van der Waals surface area contributed by atoms with E-state index >= 15 is 0 Å². The highest BCUT2D eigenvalue weighted by Crippen LogP contribution is 2.28. The van der Waals surface area contributed by atoms with Crippen molar-refractivity contribution >= 4 is 11.8 Å². The molecule has 102 valence electrons. The molecule has 1 aromatic carbocycles. The van der Waals surface area contributed by atoms with Gasteiger partial charge in [0.15, 0.2) is 5.78 Å². The van der Waals surface area contributed by atoms with E-state index in [0.29, 0.717) is 37.4 Å². The summed E-state index contributed by atoms with van der Waals surface area (Å²) in [7, 11) is 0. The van der Waals surface area contributed by atoms with Crippen LogP contribution >= 0.6 is 0 Å². The molecule has 0 aliphatic carbocycles. The summed E-state index contributed by atoms with van der Waals surface area (Å²) in [6, 6.07) is 6.59. The Hall–Kier alpha value is -1.88. The Morgan fingerprint density at radius 2 is 2.00 bits per heavy atom. The molecule has 1 saturated heterocycles. The van der Waals surface area contributed by atoms with Crippen molar-refractivity contribution < 1.29 is 24.2 Å². The Balaban J connectivity index is 2.24. The van der Waals surface area contributed by atoms with E-state index in [4.69, 9.17) is 9.47 Å². The van der Waals surface area contributed by atoms with Crippen molar-refractivity contribution in [3.63, 3.8) is 0 Å². The standard InChI is InChI=1S/C14H16O5/c1-10(15)11-3-2-4-12(9-11)19-14(13(16)17)5-7-18-8-6-14/h2-4,9H,5-8H2,1H3,(H,16,17). The second kappa shape index (κ2) is 5.40. The van der Waals surface area contributed by atoms with Crippen LogP contribution in [-0.2, 0) is 9.53 Å². The molecule has 1 aliphatic heterocycles. The summed E-state index contributed by atoms with van der Waals surface area (Å²) in [5.41, 5.74) is -0.752. The predicted molar refractivity (Wildman–Crippen MR) is 67.5 cm³/mol. The van der Waals surface area contributed by atoms with Gasteiger partial charge in [-0.05, 0) is 19.1 Å². The highest BCUT2D eigenvalue weighted by atomic mass is 16.5. The Morgan fingerprint density at radius 3 is 2.58 bits per heavy atom. The van der Waals surface area contributed by atoms with E-state index in [1.165, 1.54) is 6.92 Å². The molecule has 0 spiro atoms. The SMILES string of the molecule is CC(=O)c1cccc(OC2(C(=O)O)CCOCC2)c1. The number of ketones is 1. The molecule has 2 rings (SSSR count). The highest BCUT2D eigenvalue weighted by Gasteiger charge is 2.42. The van der Waals surface area contributed by atoms with E-state index in [1.54, 1.807) is 24.3 Å². The van der Waals surface area contributed by atoms with Gasteiger partial charge in [0.05, 0.1) is 13.2 Å². The van der Waals surface area contributed by atoms with Crippen molar-refractivity contribution in [1.82, 2.24) is 0 Å². The minimum Gasteiger partial charge on any atom is -0.478 e. The maximum atomic E-state index is 11.5. The van der Waals surface area contributed by atoms with Gasteiger partial charge in [0.25, 0.3) is 0 Å². The van der Waals surface area contributed by atoms with Crippen molar-refractivity contribution in [2.45, 2.75) is 25.4 Å². The van der Waals surface area contributed by atoms with Crippen LogP contribution in [0.4, 0.5) is 0 Å². The van der Waals surface area contributed by atoms with Gasteiger partial charge in [-0.1, -0.05) is 12.1 Å². The summed E-state index contributed by atoms with van der Waals surface area (Å²) in [6.07, 6.45) is 0.596. The minimum absolute atomic E-state index is 0.0817. The molecule has 1 N–H and O–H groups in total. The number of carboxylic acids is 1. The zero-order valence-electron chi connectivity index (χ0n) is 10.7. The Morgan fingerprint density at radius 1 is 1.32 bits per heavy atom. The third kappa shape index (κ3) is 2.93. The Kier molecular flexibility index (Phi) is 3.85. The number of Topliss-reactive ketones (excluding diaryl/α,β-unsaturated/α-hetero) is 1. The molecule has 1 heterocycles. The number of hydrogen-bond acceptors (Lipinski definition) is 4. The predicted octanol–water partition coefficient (Wildman–Crippen LogP) is 1.90. The molecule has 0 radical (unpaired) electrons. The fraction of sp³-hybridized carbons (Fsp3) is 0.429. The lowest BCUT2D eigenvalue weighted by Crippen LogP contribution is -2.49. The van der Waals surface area contributed by atoms with Gasteiger partial charge in [-0.2, -0.15) is 0 Å². The second-order valence-electron chi connectivity index (χ2n) is 4.60. The number of ether oxygens (including phenoxy) is 2. The highest BCUT2D eigenvalue weighted by molar-refractivity contribution is 5.94. The fourth-order valence-corrected chi connectivity index (χ4v) is 2.06. The summed E-state index contributed by atoms with van der Waals surface area (Å²) < 4.78 is 10.8. The molecule has 1 aliphatic rings. The second-order valence-corrected chi connectivity index (χ2v) is 4.60. The summed E-state index contributed by atoms with van der Waals surface area (Å²) in [4.78, 5) is 22.8. The van der Waals surface area contributed by atoms with Crippen LogP contribution in [0.15, 0.2) is 24.3 Å². The lowest BCUT2D eigenvalue weighted by atomic mass is 9.94. The van der Waals surface area contributed by atoms with E-state index in [1.807, 2.05) is 0 Å². The number of rotatable bonds is 4. The van der Waals surface area contributed by atoms with Crippen LogP contribution in [0, 0.1) is 0 Å². The number of benzene rings is 1. The maximum absolute atomic E-state index is 11.5. The number of carbonyl (C=O) groups excluding carboxylic acids is 1. The molecule has 1 aromatic rings. The largest absolute Gasteiger partial charge is 0.478 e. The van der Waals surface area contributed by atoms with Gasteiger partial charge in [-0.3, -0.25) is 4.79 Å². The summed E-state index contributed by atoms with van der Waals surface area (Å²) in [5, 5.41) is 9.38. The summed E-state index contributed by atoms with van der Waals surface area (Å²) >= 11 is 0. The Labute approximate surface area is 111 Å². The van der Waals surface area contributed by atoms with Crippen molar-refractivity contribution in [1.29, 1.82) is 0 Å². The van der Waals surface area contributed by atoms with E-state index in [-0.39, 0.29) is 5.78 Å². The summed E-state index contributed by atoms with van der Waals surface area (Å²) in [5.74, 6) is -0.678. The molecular weight excluding hydrogens is 248 g/mol. The van der Waals surface area contributed by atoms with Gasteiger partial charge in [0.2, 0.25) is 5.60 Å². The van der Waals surface area contributed by atoms with E-state index in [2.05, 4.69) is 0 Å². The third-order valence-electron chi connectivity index (χ3n) is 3.24. The van der Waals surface area contributed by atoms with Gasteiger partial charge in [0.1, 0.15) is 5.75 Å². The molecule has 5 heteroatoms. The van der Waals surface area contributed by atoms with E-state index in [0.717, 1.165) is 0 Å². The Bertz CT molecular complexity index is 488. The smallest absolute Gasteiger partial charge is 0.348 e. The van der Waals surface area contributed by atoms with Gasteiger partial charge >= 0.3 is 5.97 Å². The van der Waals surface area contributed by atoms with E-state index < -0.39 is 11.6 Å².